The average molecular weight is 272 g/mol. The molecule has 100 valence electrons. The second kappa shape index (κ2) is 4.58. The fourth-order valence-corrected chi connectivity index (χ4v) is 4.79. The summed E-state index contributed by atoms with van der Waals surface area (Å²) in [6.45, 7) is 7.23. The van der Waals surface area contributed by atoms with Gasteiger partial charge in [-0.25, -0.2) is 0 Å². The average Bonchev–Trinajstić information content (AvgIpc) is 3.10. The van der Waals surface area contributed by atoms with Gasteiger partial charge in [-0.2, -0.15) is 0 Å². The summed E-state index contributed by atoms with van der Waals surface area (Å²) in [5.74, 6) is 1.74. The minimum Gasteiger partial charge on any atom is -0.316 e. The van der Waals surface area contributed by atoms with Crippen molar-refractivity contribution >= 4 is 21.4 Å². The molecule has 0 aliphatic carbocycles. The van der Waals surface area contributed by atoms with Gasteiger partial charge in [0.25, 0.3) is 0 Å². The zero-order valence-electron chi connectivity index (χ0n) is 11.3. The van der Waals surface area contributed by atoms with E-state index in [4.69, 9.17) is 0 Å². The van der Waals surface area contributed by atoms with Crippen LogP contribution in [0.2, 0.25) is 0 Å². The van der Waals surface area contributed by atoms with Crippen molar-refractivity contribution in [3.05, 3.63) is 35.2 Å². The number of nitrogens with one attached hydrogen (secondary N) is 1. The van der Waals surface area contributed by atoms with Crippen molar-refractivity contribution in [2.75, 3.05) is 19.6 Å². The third-order valence-corrected chi connectivity index (χ3v) is 6.00. The van der Waals surface area contributed by atoms with Gasteiger partial charge in [0, 0.05) is 23.8 Å². The molecule has 3 unspecified atom stereocenters. The molecular formula is C16H20N2S. The molecule has 0 spiro atoms. The summed E-state index contributed by atoms with van der Waals surface area (Å²) in [7, 11) is 0. The molecule has 0 radical (unpaired) electrons. The van der Waals surface area contributed by atoms with Crippen LogP contribution in [0.3, 0.4) is 0 Å². The van der Waals surface area contributed by atoms with Crippen LogP contribution in [0.1, 0.15) is 12.5 Å². The molecule has 4 rings (SSSR count). The second-order valence-electron chi connectivity index (χ2n) is 6.01. The van der Waals surface area contributed by atoms with Crippen LogP contribution in [0.5, 0.6) is 0 Å². The van der Waals surface area contributed by atoms with Crippen molar-refractivity contribution in [1.29, 1.82) is 0 Å². The monoisotopic (exact) mass is 272 g/mol. The Bertz CT molecular complexity index is 591. The van der Waals surface area contributed by atoms with E-state index in [0.29, 0.717) is 0 Å². The molecule has 0 bridgehead atoms. The molecule has 1 aromatic carbocycles. The number of thiophene rings is 1. The fourth-order valence-electron chi connectivity index (χ4n) is 3.84. The summed E-state index contributed by atoms with van der Waals surface area (Å²) < 4.78 is 1.42. The molecule has 3 heterocycles. The van der Waals surface area contributed by atoms with E-state index in [1.165, 1.54) is 35.3 Å². The van der Waals surface area contributed by atoms with Gasteiger partial charge in [-0.1, -0.05) is 18.2 Å². The highest BCUT2D eigenvalue weighted by atomic mass is 32.1. The summed E-state index contributed by atoms with van der Waals surface area (Å²) in [5, 5.41) is 7.34. The van der Waals surface area contributed by atoms with Gasteiger partial charge in [0.2, 0.25) is 0 Å². The van der Waals surface area contributed by atoms with E-state index in [-0.39, 0.29) is 0 Å². The lowest BCUT2D eigenvalue weighted by molar-refractivity contribution is 0.232. The molecule has 2 aliphatic rings. The smallest absolute Gasteiger partial charge is 0.0346 e. The number of hydrogen-bond donors (Lipinski definition) is 1. The van der Waals surface area contributed by atoms with Gasteiger partial charge in [-0.05, 0) is 54.2 Å². The Kier molecular flexibility index (Phi) is 2.87. The number of benzene rings is 1. The molecule has 19 heavy (non-hydrogen) atoms. The summed E-state index contributed by atoms with van der Waals surface area (Å²) in [4.78, 5) is 2.69. The number of hydrogen-bond acceptors (Lipinski definition) is 3. The lowest BCUT2D eigenvalue weighted by Gasteiger charge is -2.24. The first-order valence-electron chi connectivity index (χ1n) is 7.23. The third-order valence-electron chi connectivity index (χ3n) is 4.99. The Hall–Kier alpha value is -0.900. The molecule has 1 aromatic heterocycles. The lowest BCUT2D eigenvalue weighted by atomic mass is 9.95. The van der Waals surface area contributed by atoms with Crippen LogP contribution in [0.15, 0.2) is 29.6 Å². The van der Waals surface area contributed by atoms with E-state index in [1.54, 1.807) is 0 Å². The van der Waals surface area contributed by atoms with Crippen molar-refractivity contribution < 1.29 is 0 Å². The van der Waals surface area contributed by atoms with Crippen LogP contribution < -0.4 is 5.32 Å². The molecule has 2 aromatic rings. The Balaban J connectivity index is 1.58. The third kappa shape index (κ3) is 1.92. The van der Waals surface area contributed by atoms with Gasteiger partial charge < -0.3 is 5.32 Å². The maximum atomic E-state index is 3.54. The van der Waals surface area contributed by atoms with Gasteiger partial charge in [0.15, 0.2) is 0 Å². The van der Waals surface area contributed by atoms with Crippen molar-refractivity contribution in [1.82, 2.24) is 10.2 Å². The first-order valence-corrected chi connectivity index (χ1v) is 8.11. The first-order chi connectivity index (χ1) is 9.33. The summed E-state index contributed by atoms with van der Waals surface area (Å²) >= 11 is 1.88. The maximum Gasteiger partial charge on any atom is 0.0346 e. The van der Waals surface area contributed by atoms with Crippen molar-refractivity contribution in [2.24, 2.45) is 11.8 Å². The summed E-state index contributed by atoms with van der Waals surface area (Å²) in [6.07, 6.45) is 0. The van der Waals surface area contributed by atoms with Crippen LogP contribution in [0.25, 0.3) is 10.1 Å². The quantitative estimate of drug-likeness (QED) is 0.904. The molecule has 1 N–H and O–H groups in total. The normalized spacial score (nSPS) is 31.1. The summed E-state index contributed by atoms with van der Waals surface area (Å²) in [5.41, 5.74) is 1.51. The van der Waals surface area contributed by atoms with Gasteiger partial charge in [-0.3, -0.25) is 4.90 Å². The van der Waals surface area contributed by atoms with Gasteiger partial charge in [-0.15, -0.1) is 11.3 Å². The Morgan fingerprint density at radius 1 is 1.32 bits per heavy atom. The molecule has 0 amide bonds. The predicted molar refractivity (Wildman–Crippen MR) is 81.5 cm³/mol. The highest BCUT2D eigenvalue weighted by molar-refractivity contribution is 7.17. The second-order valence-corrected chi connectivity index (χ2v) is 6.92. The molecule has 2 saturated heterocycles. The van der Waals surface area contributed by atoms with Crippen LogP contribution in [0.4, 0.5) is 0 Å². The largest absolute Gasteiger partial charge is 0.316 e. The van der Waals surface area contributed by atoms with E-state index >= 15 is 0 Å². The van der Waals surface area contributed by atoms with Gasteiger partial charge >= 0.3 is 0 Å². The maximum absolute atomic E-state index is 3.54. The van der Waals surface area contributed by atoms with Crippen LogP contribution >= 0.6 is 11.3 Å². The van der Waals surface area contributed by atoms with E-state index in [2.05, 4.69) is 46.8 Å². The standard InChI is InChI=1S/C16H20N2S/c1-11-15-7-17-6-12(15)8-18(11)9-13-10-19-16-5-3-2-4-14(13)16/h2-5,10-12,15,17H,6-9H2,1H3. The van der Waals surface area contributed by atoms with E-state index < -0.39 is 0 Å². The number of fused-ring (bicyclic) bond motifs is 2. The molecule has 2 nitrogen and oxygen atoms in total. The topological polar surface area (TPSA) is 15.3 Å². The Morgan fingerprint density at radius 3 is 3.11 bits per heavy atom. The predicted octanol–water partition coefficient (Wildman–Crippen LogP) is 2.94. The molecule has 0 saturated carbocycles. The highest BCUT2D eigenvalue weighted by Crippen LogP contribution is 2.35. The highest BCUT2D eigenvalue weighted by Gasteiger charge is 2.41. The SMILES string of the molecule is CC1C2CNCC2CN1Cc1csc2ccccc12. The summed E-state index contributed by atoms with van der Waals surface area (Å²) in [6, 6.07) is 9.51. The molecule has 3 atom stereocenters. The van der Waals surface area contributed by atoms with E-state index in [0.717, 1.165) is 24.4 Å². The minimum absolute atomic E-state index is 0.721. The van der Waals surface area contributed by atoms with Gasteiger partial charge in [0.05, 0.1) is 0 Å². The molecule has 2 fully saturated rings. The molecule has 2 aliphatic heterocycles. The molecular weight excluding hydrogens is 252 g/mol. The number of likely N-dealkylation sites (tertiary alicyclic amines) is 1. The number of rotatable bonds is 2. The van der Waals surface area contributed by atoms with Crippen molar-refractivity contribution in [2.45, 2.75) is 19.5 Å². The van der Waals surface area contributed by atoms with Gasteiger partial charge in [0.1, 0.15) is 0 Å². The number of nitrogens with zero attached hydrogens (tertiary/aromatic N) is 1. The fraction of sp³-hybridized carbons (Fsp3) is 0.500. The van der Waals surface area contributed by atoms with E-state index in [9.17, 15) is 0 Å². The van der Waals surface area contributed by atoms with Crippen LogP contribution in [0, 0.1) is 11.8 Å². The van der Waals surface area contributed by atoms with E-state index in [1.807, 2.05) is 11.3 Å². The molecule has 3 heteroatoms. The van der Waals surface area contributed by atoms with Crippen LogP contribution in [-0.2, 0) is 6.54 Å². The van der Waals surface area contributed by atoms with Crippen molar-refractivity contribution in [3.8, 4) is 0 Å². The minimum atomic E-state index is 0.721. The van der Waals surface area contributed by atoms with Crippen molar-refractivity contribution in [3.63, 3.8) is 0 Å². The lowest BCUT2D eigenvalue weighted by Crippen LogP contribution is -2.32. The zero-order valence-corrected chi connectivity index (χ0v) is 12.1. The Labute approximate surface area is 118 Å². The first kappa shape index (κ1) is 11.9. The Morgan fingerprint density at radius 2 is 2.21 bits per heavy atom. The van der Waals surface area contributed by atoms with Crippen LogP contribution in [-0.4, -0.2) is 30.6 Å². The zero-order chi connectivity index (χ0) is 12.8.